The molecule has 1 amide bonds. The molecule has 1 saturated heterocycles. The summed E-state index contributed by atoms with van der Waals surface area (Å²) in [6, 6.07) is 8.30. The van der Waals surface area contributed by atoms with Gasteiger partial charge in [-0.25, -0.2) is 9.37 Å². The van der Waals surface area contributed by atoms with Crippen LogP contribution in [0, 0.1) is 5.82 Å². The van der Waals surface area contributed by atoms with Crippen molar-refractivity contribution in [1.82, 2.24) is 9.97 Å². The summed E-state index contributed by atoms with van der Waals surface area (Å²) in [5.41, 5.74) is 1.93. The third-order valence-corrected chi connectivity index (χ3v) is 5.81. The average Bonchev–Trinajstić information content (AvgIpc) is 2.92. The lowest BCUT2D eigenvalue weighted by Crippen LogP contribution is -2.36. The minimum Gasteiger partial charge on any atom is -0.494 e. The van der Waals surface area contributed by atoms with Gasteiger partial charge in [-0.3, -0.25) is 4.79 Å². The molecule has 2 aromatic carbocycles. The zero-order chi connectivity index (χ0) is 26.4. The number of carbonyl (C=O) groups excluding carboxylic acids is 1. The van der Waals surface area contributed by atoms with Gasteiger partial charge in [0.1, 0.15) is 16.5 Å². The van der Waals surface area contributed by atoms with Crippen LogP contribution < -0.4 is 30.3 Å². The topological polar surface area (TPSA) is 110 Å². The molecular weight excluding hydrogens is 538 g/mol. The Bertz CT molecular complexity index is 1310. The van der Waals surface area contributed by atoms with Crippen molar-refractivity contribution in [2.24, 2.45) is 0 Å². The molecule has 3 N–H and O–H groups in total. The van der Waals surface area contributed by atoms with E-state index in [0.717, 1.165) is 30.9 Å². The molecule has 1 aliphatic heterocycles. The van der Waals surface area contributed by atoms with E-state index in [2.05, 4.69) is 37.4 Å². The quantitative estimate of drug-likeness (QED) is 0.303. The largest absolute Gasteiger partial charge is 0.494 e. The minimum atomic E-state index is -0.676. The van der Waals surface area contributed by atoms with Crippen LogP contribution in [0.4, 0.5) is 38.9 Å². The molecule has 13 heteroatoms. The van der Waals surface area contributed by atoms with Crippen molar-refractivity contribution >= 4 is 64.4 Å². The Labute approximate surface area is 230 Å². The Morgan fingerprint density at radius 2 is 1.82 bits per heavy atom. The second kappa shape index (κ2) is 13.1. The van der Waals surface area contributed by atoms with Gasteiger partial charge in [-0.2, -0.15) is 4.98 Å². The van der Waals surface area contributed by atoms with Gasteiger partial charge in [-0.1, -0.05) is 18.2 Å². The second-order valence-corrected chi connectivity index (χ2v) is 8.26. The first-order valence-electron chi connectivity index (χ1n) is 11.3. The van der Waals surface area contributed by atoms with Gasteiger partial charge in [-0.05, 0) is 24.3 Å². The van der Waals surface area contributed by atoms with E-state index in [-0.39, 0.29) is 34.8 Å². The van der Waals surface area contributed by atoms with Crippen molar-refractivity contribution in [3.05, 3.63) is 60.0 Å². The van der Waals surface area contributed by atoms with Crippen LogP contribution in [0.1, 0.15) is 0 Å². The van der Waals surface area contributed by atoms with Crippen LogP contribution in [-0.2, 0) is 9.53 Å². The van der Waals surface area contributed by atoms with Crippen molar-refractivity contribution in [1.29, 1.82) is 0 Å². The third kappa shape index (κ3) is 6.74. The van der Waals surface area contributed by atoms with Gasteiger partial charge >= 0.3 is 0 Å². The Balaban J connectivity index is 0.00000400. The van der Waals surface area contributed by atoms with Crippen LogP contribution in [0.25, 0.3) is 0 Å². The Morgan fingerprint density at radius 3 is 2.50 bits per heavy atom. The Morgan fingerprint density at radius 1 is 1.11 bits per heavy atom. The molecule has 1 fully saturated rings. The lowest BCUT2D eigenvalue weighted by Gasteiger charge is -2.29. The summed E-state index contributed by atoms with van der Waals surface area (Å²) in [7, 11) is 2.98. The SMILES string of the molecule is C=CC(=O)Nc1cc(Nc2ncc(Cl)c(Nc3ccc(N4CCOCC4)cc3OC)n2)c(OC)cc1F.Cl. The fourth-order valence-electron chi connectivity index (χ4n) is 3.67. The number of morpholine rings is 1. The molecule has 2 heterocycles. The predicted octanol–water partition coefficient (Wildman–Crippen LogP) is 5.16. The summed E-state index contributed by atoms with van der Waals surface area (Å²) in [4.78, 5) is 22.5. The molecule has 10 nitrogen and oxygen atoms in total. The highest BCUT2D eigenvalue weighted by Gasteiger charge is 2.17. The van der Waals surface area contributed by atoms with E-state index in [1.54, 1.807) is 7.11 Å². The van der Waals surface area contributed by atoms with Crippen LogP contribution in [-0.4, -0.2) is 56.4 Å². The van der Waals surface area contributed by atoms with E-state index in [0.29, 0.717) is 36.2 Å². The molecule has 1 aliphatic rings. The van der Waals surface area contributed by atoms with Crippen LogP contribution in [0.5, 0.6) is 11.5 Å². The van der Waals surface area contributed by atoms with Gasteiger partial charge in [0.05, 0.1) is 50.7 Å². The lowest BCUT2D eigenvalue weighted by molar-refractivity contribution is -0.111. The van der Waals surface area contributed by atoms with Crippen molar-refractivity contribution in [3.63, 3.8) is 0 Å². The first-order valence-corrected chi connectivity index (χ1v) is 11.7. The molecule has 38 heavy (non-hydrogen) atoms. The van der Waals surface area contributed by atoms with E-state index in [9.17, 15) is 9.18 Å². The molecule has 0 aliphatic carbocycles. The third-order valence-electron chi connectivity index (χ3n) is 5.54. The number of aromatic nitrogens is 2. The Kier molecular flexibility index (Phi) is 9.94. The van der Waals surface area contributed by atoms with Gasteiger partial charge in [0, 0.05) is 30.9 Å². The van der Waals surface area contributed by atoms with Gasteiger partial charge in [0.15, 0.2) is 11.6 Å². The molecule has 4 rings (SSSR count). The number of nitrogens with zero attached hydrogens (tertiary/aromatic N) is 3. The first-order chi connectivity index (χ1) is 17.9. The molecule has 0 radical (unpaired) electrons. The standard InChI is InChI=1S/C25H26ClFN6O4.ClH/c1-4-23(34)29-19-13-20(22(36-3)12-17(19)27)31-25-28-14-16(26)24(32-25)30-18-6-5-15(11-21(18)35-2)33-7-9-37-10-8-33;/h4-6,11-14H,1,7-10H2,2-3H3,(H,29,34)(H2,28,30,31,32);1H. The van der Waals surface area contributed by atoms with E-state index in [1.807, 2.05) is 18.2 Å². The molecule has 0 saturated carbocycles. The highest BCUT2D eigenvalue weighted by molar-refractivity contribution is 6.33. The number of halogens is 3. The Hall–Kier alpha value is -3.80. The van der Waals surface area contributed by atoms with E-state index in [1.165, 1.54) is 19.4 Å². The van der Waals surface area contributed by atoms with Gasteiger partial charge in [0.2, 0.25) is 11.9 Å². The zero-order valence-corrected chi connectivity index (χ0v) is 22.3. The van der Waals surface area contributed by atoms with E-state index < -0.39 is 11.7 Å². The minimum absolute atomic E-state index is 0. The maximum absolute atomic E-state index is 14.4. The van der Waals surface area contributed by atoms with Crippen LogP contribution >= 0.6 is 24.0 Å². The van der Waals surface area contributed by atoms with Crippen LogP contribution in [0.2, 0.25) is 5.02 Å². The molecule has 1 aromatic heterocycles. The second-order valence-electron chi connectivity index (χ2n) is 7.85. The molecule has 202 valence electrons. The van der Waals surface area contributed by atoms with Gasteiger partial charge in [-0.15, -0.1) is 12.4 Å². The molecule has 0 atom stereocenters. The molecular formula is C25H27Cl2FN6O4. The average molecular weight is 565 g/mol. The summed E-state index contributed by atoms with van der Waals surface area (Å²) in [6.07, 6.45) is 2.46. The normalized spacial score (nSPS) is 12.7. The number of methoxy groups -OCH3 is 2. The zero-order valence-electron chi connectivity index (χ0n) is 20.7. The fourth-order valence-corrected chi connectivity index (χ4v) is 3.80. The number of anilines is 6. The predicted molar refractivity (Wildman–Crippen MR) is 149 cm³/mol. The van der Waals surface area contributed by atoms with Crippen LogP contribution in [0.15, 0.2) is 49.2 Å². The van der Waals surface area contributed by atoms with Crippen molar-refractivity contribution in [2.75, 3.05) is 61.4 Å². The van der Waals surface area contributed by atoms with Gasteiger partial charge < -0.3 is 35.1 Å². The highest BCUT2D eigenvalue weighted by Crippen LogP contribution is 2.35. The number of nitrogens with one attached hydrogen (secondary N) is 3. The highest BCUT2D eigenvalue weighted by atomic mass is 35.5. The number of rotatable bonds is 9. The van der Waals surface area contributed by atoms with E-state index in [4.69, 9.17) is 25.8 Å². The first kappa shape index (κ1) is 28.8. The summed E-state index contributed by atoms with van der Waals surface area (Å²) in [6.45, 7) is 6.33. The number of hydrogen-bond donors (Lipinski definition) is 3. The number of benzene rings is 2. The number of amides is 1. The molecule has 0 bridgehead atoms. The van der Waals surface area contributed by atoms with Gasteiger partial charge in [0.25, 0.3) is 0 Å². The number of ether oxygens (including phenoxy) is 3. The van der Waals surface area contributed by atoms with Crippen molar-refractivity contribution in [3.8, 4) is 11.5 Å². The number of hydrogen-bond acceptors (Lipinski definition) is 9. The summed E-state index contributed by atoms with van der Waals surface area (Å²) < 4.78 is 30.7. The smallest absolute Gasteiger partial charge is 0.247 e. The summed E-state index contributed by atoms with van der Waals surface area (Å²) in [5, 5.41) is 8.84. The maximum atomic E-state index is 14.4. The maximum Gasteiger partial charge on any atom is 0.247 e. The lowest BCUT2D eigenvalue weighted by atomic mass is 10.2. The summed E-state index contributed by atoms with van der Waals surface area (Å²) in [5.74, 6) is 0.0283. The molecule has 0 spiro atoms. The van der Waals surface area contributed by atoms with Crippen molar-refractivity contribution in [2.45, 2.75) is 0 Å². The number of carbonyl (C=O) groups is 1. The van der Waals surface area contributed by atoms with E-state index >= 15 is 0 Å². The van der Waals surface area contributed by atoms with Crippen LogP contribution in [0.3, 0.4) is 0 Å². The fraction of sp³-hybridized carbons (Fsp3) is 0.240. The molecule has 3 aromatic rings. The molecule has 0 unspecified atom stereocenters. The summed E-state index contributed by atoms with van der Waals surface area (Å²) >= 11 is 6.37. The monoisotopic (exact) mass is 564 g/mol. The van der Waals surface area contributed by atoms with Crippen molar-refractivity contribution < 1.29 is 23.4 Å².